The molecule has 1 aliphatic rings. The van der Waals surface area contributed by atoms with E-state index in [4.69, 9.17) is 9.31 Å². The van der Waals surface area contributed by atoms with E-state index in [1.807, 2.05) is 0 Å². The molecule has 14 aromatic carbocycles. The van der Waals surface area contributed by atoms with Crippen molar-refractivity contribution in [3.05, 3.63) is 323 Å². The first kappa shape index (κ1) is 69.6. The molecule has 0 aromatic heterocycles. The van der Waals surface area contributed by atoms with Crippen LogP contribution in [0.1, 0.15) is 137 Å². The Kier molecular flexibility index (Phi) is 19.2. The number of benzene rings is 14. The summed E-state index contributed by atoms with van der Waals surface area (Å²) in [5.74, 6) is 1.43. The van der Waals surface area contributed by atoms with Gasteiger partial charge in [0.1, 0.15) is 0 Å². The first-order chi connectivity index (χ1) is 49.5. The summed E-state index contributed by atoms with van der Waals surface area (Å²) < 4.78 is 12.5. The number of anilines is 9. The molecule has 1 heterocycles. The molecule has 5 nitrogen and oxygen atoms in total. The lowest BCUT2D eigenvalue weighted by molar-refractivity contribution is 0.00578. The number of nitrogens with zero attached hydrogens (tertiary/aromatic N) is 3. The van der Waals surface area contributed by atoms with Crippen molar-refractivity contribution in [2.45, 2.75) is 140 Å². The normalized spacial score (nSPS) is 13.4. The molecular weight excluding hydrogens is 1250 g/mol. The van der Waals surface area contributed by atoms with Gasteiger partial charge in [-0.3, -0.25) is 0 Å². The molecule has 1 fully saturated rings. The van der Waals surface area contributed by atoms with Crippen LogP contribution in [-0.4, -0.2) is 18.3 Å². The van der Waals surface area contributed by atoms with Crippen molar-refractivity contribution >= 4 is 107 Å². The van der Waals surface area contributed by atoms with Crippen LogP contribution >= 0.6 is 0 Å². The average Bonchev–Trinajstić information content (AvgIpc) is 1.30. The maximum absolute atomic E-state index is 6.25. The van der Waals surface area contributed by atoms with Gasteiger partial charge < -0.3 is 24.0 Å². The van der Waals surface area contributed by atoms with Crippen LogP contribution in [0.4, 0.5) is 51.2 Å². The quantitative estimate of drug-likeness (QED) is 0.0579. The van der Waals surface area contributed by atoms with E-state index in [1.54, 1.807) is 0 Å². The Morgan fingerprint density at radius 2 is 0.534 bits per heavy atom. The molecule has 15 rings (SSSR count). The van der Waals surface area contributed by atoms with Gasteiger partial charge in [0.25, 0.3) is 0 Å². The maximum Gasteiger partial charge on any atom is 0.494 e. The summed E-state index contributed by atoms with van der Waals surface area (Å²) in [4.78, 5) is 7.15. The van der Waals surface area contributed by atoms with Crippen LogP contribution in [0.5, 0.6) is 0 Å². The minimum atomic E-state index is -0.357. The number of aryl methyl sites for hydroxylation is 6. The second-order valence-corrected chi connectivity index (χ2v) is 30.5. The van der Waals surface area contributed by atoms with E-state index in [1.165, 1.54) is 132 Å². The van der Waals surface area contributed by atoms with Gasteiger partial charge in [-0.1, -0.05) is 240 Å². The third kappa shape index (κ3) is 13.6. The molecule has 0 N–H and O–H groups in total. The largest absolute Gasteiger partial charge is 0.494 e. The van der Waals surface area contributed by atoms with Gasteiger partial charge in [0.15, 0.2) is 0 Å². The van der Waals surface area contributed by atoms with Gasteiger partial charge >= 0.3 is 7.12 Å². The standard InChI is InChI=1S/C68H60N2.C29H36BNO2/c1-43(2)49-23-31-53(32-24-49)69(63-39-21-45(5)41-47(63)7)55-35-27-51(28-36-55)65-61-19-13-14-20-62(61)66(68-60-18-12-10-16-58(60)57-15-9-11-17-59(57)67(65)68)52-29-37-56(38-30-52)70(64-40-22-46(6)42-48(64)8)54-33-25-50(26-34-54)44(3)4;1-20(2)23-10-14-25(15-11-23)31(27-18-9-21(3)19-22(27)4)26-16-12-24(13-17-26)30-32-28(5,6)29(7,8)33-30/h9-44H,1-8H3;9-20H,1-8H3. The van der Waals surface area contributed by atoms with Crippen molar-refractivity contribution in [2.24, 2.45) is 0 Å². The SMILES string of the molecule is Cc1ccc(N(c2ccc(-c3c4ccccc4c(-c4ccc(N(c5ccc(C(C)C)cc5)c5ccc(C)cc5C)cc4)c4c5ccccc5c5ccccc5c34)cc2)c2ccc(C(C)C)cc2)c(C)c1.Cc1ccc(N(c2ccc(B3OC(C)(C)C(C)(C)O3)cc2)c2ccc(C(C)C)cc2)c(C)c1. The fourth-order valence-corrected chi connectivity index (χ4v) is 15.2. The van der Waals surface area contributed by atoms with Gasteiger partial charge in [-0.15, -0.1) is 0 Å². The summed E-state index contributed by atoms with van der Waals surface area (Å²) in [5.41, 5.74) is 27.1. The number of hydrogen-bond acceptors (Lipinski definition) is 5. The predicted molar refractivity (Wildman–Crippen MR) is 444 cm³/mol. The third-order valence-electron chi connectivity index (χ3n) is 21.6. The summed E-state index contributed by atoms with van der Waals surface area (Å²) in [5, 5.41) is 10.1. The predicted octanol–water partition coefficient (Wildman–Crippen LogP) is 27.2. The van der Waals surface area contributed by atoms with Gasteiger partial charge in [0, 0.05) is 51.2 Å². The van der Waals surface area contributed by atoms with E-state index in [0.29, 0.717) is 17.8 Å². The highest BCUT2D eigenvalue weighted by Crippen LogP contribution is 2.51. The molecule has 1 aliphatic heterocycles. The Hall–Kier alpha value is -10.5. The van der Waals surface area contributed by atoms with Gasteiger partial charge in [-0.25, -0.2) is 0 Å². The second kappa shape index (κ2) is 28.4. The Balaban J connectivity index is 0.000000227. The fraction of sp³-hybridized carbons (Fsp3) is 0.216. The molecule has 0 radical (unpaired) electrons. The smallest absolute Gasteiger partial charge is 0.399 e. The summed E-state index contributed by atoms with van der Waals surface area (Å²) in [6.07, 6.45) is 0. The minimum absolute atomic E-state index is 0.348. The molecule has 0 bridgehead atoms. The van der Waals surface area contributed by atoms with Crippen molar-refractivity contribution in [3.63, 3.8) is 0 Å². The molecule has 0 aliphatic carbocycles. The van der Waals surface area contributed by atoms with Gasteiger partial charge in [0.05, 0.1) is 11.2 Å². The van der Waals surface area contributed by atoms with E-state index < -0.39 is 0 Å². The molecule has 0 atom stereocenters. The van der Waals surface area contributed by atoms with E-state index in [0.717, 1.165) is 39.6 Å². The highest BCUT2D eigenvalue weighted by molar-refractivity contribution is 6.62. The van der Waals surface area contributed by atoms with Crippen LogP contribution in [0.2, 0.25) is 0 Å². The van der Waals surface area contributed by atoms with E-state index in [2.05, 4.69) is 398 Å². The third-order valence-corrected chi connectivity index (χ3v) is 21.6. The van der Waals surface area contributed by atoms with Gasteiger partial charge in [-0.05, 0) is 282 Å². The van der Waals surface area contributed by atoms with Crippen molar-refractivity contribution in [2.75, 3.05) is 14.7 Å². The highest BCUT2D eigenvalue weighted by Gasteiger charge is 2.51. The molecule has 14 aromatic rings. The Morgan fingerprint density at radius 3 is 0.806 bits per heavy atom. The zero-order chi connectivity index (χ0) is 72.2. The second-order valence-electron chi connectivity index (χ2n) is 30.5. The topological polar surface area (TPSA) is 28.2 Å². The van der Waals surface area contributed by atoms with Crippen molar-refractivity contribution in [1.29, 1.82) is 0 Å². The van der Waals surface area contributed by atoms with Crippen molar-refractivity contribution in [1.82, 2.24) is 0 Å². The fourth-order valence-electron chi connectivity index (χ4n) is 15.2. The lowest BCUT2D eigenvalue weighted by Crippen LogP contribution is -2.41. The summed E-state index contributed by atoms with van der Waals surface area (Å²) in [6, 6.07) is 102. The minimum Gasteiger partial charge on any atom is -0.399 e. The van der Waals surface area contributed by atoms with Crippen LogP contribution in [0.15, 0.2) is 273 Å². The zero-order valence-electron chi connectivity index (χ0n) is 62.9. The molecular formula is C97H96BN3O2. The van der Waals surface area contributed by atoms with Crippen LogP contribution in [-0.2, 0) is 9.31 Å². The van der Waals surface area contributed by atoms with Crippen LogP contribution < -0.4 is 20.2 Å². The Labute approximate surface area is 612 Å². The summed E-state index contributed by atoms with van der Waals surface area (Å²) in [6.45, 7) is 34.9. The Morgan fingerprint density at radius 1 is 0.282 bits per heavy atom. The monoisotopic (exact) mass is 1350 g/mol. The summed E-state index contributed by atoms with van der Waals surface area (Å²) in [7, 11) is -0.357. The first-order valence-electron chi connectivity index (χ1n) is 36.9. The molecule has 0 amide bonds. The summed E-state index contributed by atoms with van der Waals surface area (Å²) >= 11 is 0. The molecule has 6 heteroatoms. The zero-order valence-corrected chi connectivity index (χ0v) is 62.9. The molecule has 1 saturated heterocycles. The Bertz CT molecular complexity index is 5160. The highest BCUT2D eigenvalue weighted by atomic mass is 16.7. The van der Waals surface area contributed by atoms with Crippen molar-refractivity contribution in [3.8, 4) is 22.3 Å². The molecule has 103 heavy (non-hydrogen) atoms. The van der Waals surface area contributed by atoms with Crippen molar-refractivity contribution < 1.29 is 9.31 Å². The lowest BCUT2D eigenvalue weighted by Gasteiger charge is -2.32. The van der Waals surface area contributed by atoms with Gasteiger partial charge in [0.2, 0.25) is 0 Å². The molecule has 0 unspecified atom stereocenters. The maximum atomic E-state index is 6.25. The van der Waals surface area contributed by atoms with Crippen LogP contribution in [0, 0.1) is 41.5 Å². The lowest BCUT2D eigenvalue weighted by atomic mass is 9.79. The van der Waals surface area contributed by atoms with E-state index in [-0.39, 0.29) is 18.3 Å². The number of hydrogen-bond donors (Lipinski definition) is 0. The first-order valence-corrected chi connectivity index (χ1v) is 36.9. The van der Waals surface area contributed by atoms with E-state index >= 15 is 0 Å². The molecule has 514 valence electrons. The van der Waals surface area contributed by atoms with Gasteiger partial charge in [-0.2, -0.15) is 0 Å². The molecule has 0 spiro atoms. The average molecular weight is 1350 g/mol. The van der Waals surface area contributed by atoms with Crippen LogP contribution in [0.3, 0.4) is 0 Å². The van der Waals surface area contributed by atoms with Crippen LogP contribution in [0.25, 0.3) is 65.3 Å². The number of rotatable bonds is 15. The molecule has 0 saturated carbocycles. The van der Waals surface area contributed by atoms with E-state index in [9.17, 15) is 0 Å². The number of fused-ring (bicyclic) bond motifs is 7.